The van der Waals surface area contributed by atoms with Gasteiger partial charge in [0.2, 0.25) is 0 Å². The fraction of sp³-hybridized carbons (Fsp3) is 0.0291. The van der Waals surface area contributed by atoms with Gasteiger partial charge in [-0.05, 0) is 275 Å². The van der Waals surface area contributed by atoms with Crippen LogP contribution in [0, 0.1) is 46.5 Å². The zero-order valence-corrected chi connectivity index (χ0v) is 61.1. The highest BCUT2D eigenvalue weighted by molar-refractivity contribution is 5.99. The molecule has 0 N–H and O–H groups in total. The van der Waals surface area contributed by atoms with Gasteiger partial charge in [-0.25, -0.2) is 35.1 Å². The minimum absolute atomic E-state index is 0.257. The maximum absolute atomic E-state index is 17.5. The van der Waals surface area contributed by atoms with Crippen LogP contribution in [-0.4, -0.2) is 0 Å². The average Bonchev–Trinajstić information content (AvgIpc) is 1.54. The molecular formula is C103H62F8N2O2. The largest absolute Gasteiger partial charge is 0.457 e. The monoisotopic (exact) mass is 1510 g/mol. The van der Waals surface area contributed by atoms with Crippen molar-refractivity contribution in [3.05, 3.63) is 477 Å². The summed E-state index contributed by atoms with van der Waals surface area (Å²) < 4.78 is 145. The Morgan fingerprint density at radius 2 is 0.548 bits per heavy atom. The summed E-state index contributed by atoms with van der Waals surface area (Å²) in [5.41, 5.74) is 12.9. The number of hydrogen-bond donors (Lipinski definition) is 0. The fourth-order valence-electron chi connectivity index (χ4n) is 18.6. The SMILES string of the molecule is C=Cc1ccc(Oc2ccc(C3(c4cc(F)cc(F)c4F)c4ccccc4-c4ccc(N(c5ccc(F)cc5)c5ccc6c(c5)C5(c7ccccc7-6)c6ccccc6-c6ccc(N(c7ccc(F)cc7)c7ccc8c(c7)C(c7ccc(Oc9ccc(C=C)cc9)cc7)(c7c(F)ccc(F)c7F)c7ccccc7-8)cc65)cc43)cc2)cc1. The van der Waals surface area contributed by atoms with E-state index in [1.54, 1.807) is 91.0 Å². The molecule has 115 heavy (non-hydrogen) atoms. The summed E-state index contributed by atoms with van der Waals surface area (Å²) >= 11 is 0. The van der Waals surface area contributed by atoms with Gasteiger partial charge in [0.1, 0.15) is 46.3 Å². The average molecular weight is 1510 g/mol. The van der Waals surface area contributed by atoms with Gasteiger partial charge < -0.3 is 19.3 Å². The van der Waals surface area contributed by atoms with Crippen molar-refractivity contribution < 1.29 is 44.6 Å². The second-order valence-corrected chi connectivity index (χ2v) is 29.2. The molecule has 0 heterocycles. The lowest BCUT2D eigenvalue weighted by molar-refractivity contribution is 0.464. The molecule has 12 heteroatoms. The van der Waals surface area contributed by atoms with Crippen molar-refractivity contribution in [2.75, 3.05) is 9.80 Å². The van der Waals surface area contributed by atoms with Crippen molar-refractivity contribution in [1.82, 2.24) is 0 Å². The minimum atomic E-state index is -1.84. The van der Waals surface area contributed by atoms with Gasteiger partial charge in [0.15, 0.2) is 23.3 Å². The third kappa shape index (κ3) is 10.7. The number of halogens is 8. The van der Waals surface area contributed by atoms with Gasteiger partial charge in [-0.1, -0.05) is 195 Å². The standard InChI is InChI=1S/C103H62F8N2O2/c1-3-61-21-41-74(42-22-61)114-76-45-25-63(26-46-76)101(94-55-67(106)56-97(109)99(94)110)86-17-9-5-13-78(86)82-49-37-70(57-90(82)101)112(68-33-29-65(104)30-34-68)72-39-51-84-80-15-7-11-19-88(80)103(92(84)59-72)89-20-12-8-16-81(89)85-52-40-73(60-93(85)103)113(69-35-31-66(105)32-36-69)71-38-50-83-79-14-6-10-18-87(79)102(91(83)58-71,98-95(107)53-54-96(108)100(98)111)64-27-47-77(48-28-64)115-75-43-23-62(4-2)24-44-75/h3-60H,1-2H2. The molecule has 0 amide bonds. The number of ether oxygens (including phenoxy) is 2. The molecule has 0 aliphatic heterocycles. The fourth-order valence-corrected chi connectivity index (χ4v) is 18.6. The van der Waals surface area contributed by atoms with E-state index in [0.717, 1.165) is 73.8 Å². The summed E-state index contributed by atoms with van der Waals surface area (Å²) in [6.45, 7) is 7.73. The molecule has 16 aromatic rings. The first-order valence-electron chi connectivity index (χ1n) is 37.6. The summed E-state index contributed by atoms with van der Waals surface area (Å²) in [6.07, 6.45) is 3.46. The van der Waals surface area contributed by atoms with Crippen LogP contribution in [0.4, 0.5) is 69.2 Å². The van der Waals surface area contributed by atoms with E-state index in [4.69, 9.17) is 9.47 Å². The lowest BCUT2D eigenvalue weighted by Gasteiger charge is -2.36. The second kappa shape index (κ2) is 27.0. The number of rotatable bonds is 16. The van der Waals surface area contributed by atoms with Crippen LogP contribution in [0.3, 0.4) is 0 Å². The van der Waals surface area contributed by atoms with E-state index < -0.39 is 68.3 Å². The number of fused-ring (bicyclic) bond motifs is 16. The lowest BCUT2D eigenvalue weighted by atomic mass is 9.67. The minimum Gasteiger partial charge on any atom is -0.457 e. The van der Waals surface area contributed by atoms with Crippen LogP contribution in [0.2, 0.25) is 0 Å². The van der Waals surface area contributed by atoms with Gasteiger partial charge in [0.05, 0.1) is 16.2 Å². The van der Waals surface area contributed by atoms with Crippen LogP contribution >= 0.6 is 0 Å². The first-order chi connectivity index (χ1) is 56.2. The molecule has 0 aromatic heterocycles. The zero-order chi connectivity index (χ0) is 78.2. The van der Waals surface area contributed by atoms with Crippen molar-refractivity contribution in [2.45, 2.75) is 16.2 Å². The summed E-state index contributed by atoms with van der Waals surface area (Å²) in [5.74, 6) is -6.11. The third-order valence-corrected chi connectivity index (χ3v) is 23.4. The molecule has 1 spiro atoms. The van der Waals surface area contributed by atoms with Crippen LogP contribution in [0.5, 0.6) is 23.0 Å². The second-order valence-electron chi connectivity index (χ2n) is 29.2. The van der Waals surface area contributed by atoms with E-state index in [2.05, 4.69) is 61.7 Å². The van der Waals surface area contributed by atoms with E-state index in [0.29, 0.717) is 119 Å². The predicted molar refractivity (Wildman–Crippen MR) is 440 cm³/mol. The molecule has 3 atom stereocenters. The molecule has 0 bridgehead atoms. The Bertz CT molecular complexity index is 6670. The number of benzene rings is 16. The molecular weight excluding hydrogens is 1450 g/mol. The van der Waals surface area contributed by atoms with Crippen LogP contribution in [0.25, 0.3) is 56.7 Å². The molecule has 0 radical (unpaired) electrons. The van der Waals surface area contributed by atoms with Crippen LogP contribution in [0.15, 0.2) is 353 Å². The van der Waals surface area contributed by atoms with Crippen LogP contribution < -0.4 is 19.3 Å². The van der Waals surface area contributed by atoms with Gasteiger partial charge in [-0.3, -0.25) is 0 Å². The Morgan fingerprint density at radius 3 is 0.939 bits per heavy atom. The Labute approximate surface area is 658 Å². The summed E-state index contributed by atoms with van der Waals surface area (Å²) in [7, 11) is 0. The Hall–Kier alpha value is -14.4. The van der Waals surface area contributed by atoms with E-state index in [1.807, 2.05) is 174 Å². The van der Waals surface area contributed by atoms with Gasteiger partial charge in [-0.15, -0.1) is 0 Å². The van der Waals surface area contributed by atoms with Crippen molar-refractivity contribution >= 4 is 46.3 Å². The first-order valence-corrected chi connectivity index (χ1v) is 37.6. The molecule has 0 fully saturated rings. The van der Waals surface area contributed by atoms with E-state index >= 15 is 35.1 Å². The maximum Gasteiger partial charge on any atom is 0.166 e. The highest BCUT2D eigenvalue weighted by atomic mass is 19.2. The van der Waals surface area contributed by atoms with Crippen molar-refractivity contribution in [2.24, 2.45) is 0 Å². The molecule has 0 saturated heterocycles. The Morgan fingerprint density at radius 1 is 0.235 bits per heavy atom. The van der Waals surface area contributed by atoms with Crippen molar-refractivity contribution in [1.29, 1.82) is 0 Å². The maximum atomic E-state index is 17.5. The number of hydrogen-bond acceptors (Lipinski definition) is 4. The smallest absolute Gasteiger partial charge is 0.166 e. The molecule has 20 rings (SSSR count). The highest BCUT2D eigenvalue weighted by Gasteiger charge is 2.54. The normalized spacial score (nSPS) is 16.0. The zero-order valence-electron chi connectivity index (χ0n) is 61.1. The number of anilines is 6. The third-order valence-electron chi connectivity index (χ3n) is 23.4. The topological polar surface area (TPSA) is 24.9 Å². The molecule has 4 aliphatic rings. The molecule has 3 unspecified atom stereocenters. The Kier molecular flexibility index (Phi) is 16.4. The summed E-state index contributed by atoms with van der Waals surface area (Å²) in [5, 5.41) is 0. The van der Waals surface area contributed by atoms with Crippen molar-refractivity contribution in [3.63, 3.8) is 0 Å². The molecule has 552 valence electrons. The molecule has 16 aromatic carbocycles. The first kappa shape index (κ1) is 69.8. The summed E-state index contributed by atoms with van der Waals surface area (Å²) in [4.78, 5) is 4.00. The van der Waals surface area contributed by atoms with Crippen LogP contribution in [0.1, 0.15) is 77.9 Å². The van der Waals surface area contributed by atoms with Gasteiger partial charge in [0.25, 0.3) is 0 Å². The molecule has 4 aliphatic carbocycles. The van der Waals surface area contributed by atoms with E-state index in [9.17, 15) is 0 Å². The number of nitrogens with zero attached hydrogens (tertiary/aromatic N) is 2. The van der Waals surface area contributed by atoms with E-state index in [1.165, 1.54) is 24.3 Å². The Balaban J connectivity index is 0.776. The highest BCUT2D eigenvalue weighted by Crippen LogP contribution is 2.66. The van der Waals surface area contributed by atoms with E-state index in [-0.39, 0.29) is 5.56 Å². The molecule has 0 saturated carbocycles. The molecule has 4 nitrogen and oxygen atoms in total. The quantitative estimate of drug-likeness (QED) is 0.0711. The van der Waals surface area contributed by atoms with Gasteiger partial charge in [0, 0.05) is 51.3 Å². The van der Waals surface area contributed by atoms with Gasteiger partial charge >= 0.3 is 0 Å². The van der Waals surface area contributed by atoms with Gasteiger partial charge in [-0.2, -0.15) is 0 Å². The summed E-state index contributed by atoms with van der Waals surface area (Å²) in [6, 6.07) is 100. The van der Waals surface area contributed by atoms with Crippen LogP contribution in [-0.2, 0) is 16.2 Å². The van der Waals surface area contributed by atoms with Crippen molar-refractivity contribution in [3.8, 4) is 67.5 Å². The lowest BCUT2D eigenvalue weighted by Crippen LogP contribution is -2.32. The predicted octanol–water partition coefficient (Wildman–Crippen LogP) is 27.7.